The zero-order valence-corrected chi connectivity index (χ0v) is 15.2. The molecule has 0 aliphatic rings. The number of carbonyl (C=O) groups excluding carboxylic acids is 1. The SMILES string of the molecule is COc1c(C)cnc(CN(C)C(=O)c2cn3cc(C)ccc3n2)c1C. The molecular weight excluding hydrogens is 316 g/mol. The molecule has 0 unspecified atom stereocenters. The van der Waals surface area contributed by atoms with Crippen molar-refractivity contribution in [2.75, 3.05) is 14.2 Å². The highest BCUT2D eigenvalue weighted by atomic mass is 16.5. The summed E-state index contributed by atoms with van der Waals surface area (Å²) in [4.78, 5) is 23.2. The molecule has 3 rings (SSSR count). The Morgan fingerprint density at radius 3 is 2.72 bits per heavy atom. The second kappa shape index (κ2) is 6.55. The van der Waals surface area contributed by atoms with Crippen LogP contribution in [-0.4, -0.2) is 39.3 Å². The predicted octanol–water partition coefficient (Wildman–Crippen LogP) is 2.94. The Hall–Kier alpha value is -2.89. The maximum absolute atomic E-state index is 12.7. The molecule has 1 amide bonds. The molecule has 3 heterocycles. The first-order valence-corrected chi connectivity index (χ1v) is 8.10. The quantitative estimate of drug-likeness (QED) is 0.734. The first kappa shape index (κ1) is 17.0. The van der Waals surface area contributed by atoms with Crippen molar-refractivity contribution in [3.8, 4) is 5.75 Å². The van der Waals surface area contributed by atoms with Crippen LogP contribution in [0.5, 0.6) is 5.75 Å². The summed E-state index contributed by atoms with van der Waals surface area (Å²) in [6.45, 7) is 6.32. The number of aryl methyl sites for hydroxylation is 2. The Labute approximate surface area is 147 Å². The number of amides is 1. The van der Waals surface area contributed by atoms with Gasteiger partial charge in [-0.1, -0.05) is 6.07 Å². The van der Waals surface area contributed by atoms with Gasteiger partial charge in [-0.05, 0) is 32.4 Å². The number of hydrogen-bond acceptors (Lipinski definition) is 4. The number of methoxy groups -OCH3 is 1. The van der Waals surface area contributed by atoms with Gasteiger partial charge >= 0.3 is 0 Å². The van der Waals surface area contributed by atoms with Crippen molar-refractivity contribution in [2.45, 2.75) is 27.3 Å². The van der Waals surface area contributed by atoms with Crippen LogP contribution in [0.25, 0.3) is 5.65 Å². The molecule has 0 fully saturated rings. The summed E-state index contributed by atoms with van der Waals surface area (Å²) in [5.41, 5.74) is 5.04. The van der Waals surface area contributed by atoms with Gasteiger partial charge in [-0.25, -0.2) is 4.98 Å². The molecule has 3 aromatic rings. The minimum absolute atomic E-state index is 0.137. The summed E-state index contributed by atoms with van der Waals surface area (Å²) in [7, 11) is 3.40. The molecule has 25 heavy (non-hydrogen) atoms. The molecule has 0 saturated carbocycles. The van der Waals surface area contributed by atoms with Crippen molar-refractivity contribution in [1.82, 2.24) is 19.3 Å². The summed E-state index contributed by atoms with van der Waals surface area (Å²) in [6.07, 6.45) is 5.49. The molecule has 0 spiro atoms. The van der Waals surface area contributed by atoms with Crippen molar-refractivity contribution in [3.63, 3.8) is 0 Å². The van der Waals surface area contributed by atoms with E-state index >= 15 is 0 Å². The number of pyridine rings is 2. The van der Waals surface area contributed by atoms with Gasteiger partial charge < -0.3 is 14.0 Å². The summed E-state index contributed by atoms with van der Waals surface area (Å²) in [6, 6.07) is 3.88. The van der Waals surface area contributed by atoms with E-state index in [9.17, 15) is 4.79 Å². The summed E-state index contributed by atoms with van der Waals surface area (Å²) in [5, 5.41) is 0. The molecule has 130 valence electrons. The monoisotopic (exact) mass is 338 g/mol. The van der Waals surface area contributed by atoms with Crippen LogP contribution in [0, 0.1) is 20.8 Å². The third-order valence-electron chi connectivity index (χ3n) is 4.30. The van der Waals surface area contributed by atoms with Crippen molar-refractivity contribution in [1.29, 1.82) is 0 Å². The van der Waals surface area contributed by atoms with Gasteiger partial charge in [0.25, 0.3) is 5.91 Å². The topological polar surface area (TPSA) is 59.7 Å². The fraction of sp³-hybridized carbons (Fsp3) is 0.316. The summed E-state index contributed by atoms with van der Waals surface area (Å²) < 4.78 is 7.30. The number of imidazole rings is 1. The lowest BCUT2D eigenvalue weighted by molar-refractivity contribution is 0.0778. The van der Waals surface area contributed by atoms with E-state index in [1.807, 2.05) is 43.5 Å². The minimum atomic E-state index is -0.137. The average molecular weight is 338 g/mol. The fourth-order valence-electron chi connectivity index (χ4n) is 2.93. The van der Waals surface area contributed by atoms with Crippen LogP contribution in [0.15, 0.2) is 30.7 Å². The Balaban J connectivity index is 1.85. The Kier molecular flexibility index (Phi) is 4.44. The molecule has 0 N–H and O–H groups in total. The summed E-state index contributed by atoms with van der Waals surface area (Å²) in [5.74, 6) is 0.677. The van der Waals surface area contributed by atoms with Gasteiger partial charge in [0.15, 0.2) is 0 Å². The van der Waals surface area contributed by atoms with Crippen LogP contribution in [0.4, 0.5) is 0 Å². The van der Waals surface area contributed by atoms with E-state index in [2.05, 4.69) is 9.97 Å². The highest BCUT2D eigenvalue weighted by Gasteiger charge is 2.18. The normalized spacial score (nSPS) is 10.9. The molecule has 0 atom stereocenters. The van der Waals surface area contributed by atoms with Gasteiger partial charge in [0.1, 0.15) is 17.1 Å². The minimum Gasteiger partial charge on any atom is -0.496 e. The van der Waals surface area contributed by atoms with Crippen LogP contribution in [0.2, 0.25) is 0 Å². The zero-order chi connectivity index (χ0) is 18.1. The van der Waals surface area contributed by atoms with Crippen LogP contribution in [-0.2, 0) is 6.54 Å². The van der Waals surface area contributed by atoms with Gasteiger partial charge in [-0.2, -0.15) is 0 Å². The molecule has 0 bridgehead atoms. The standard InChI is InChI=1S/C19H22N4O2/c1-12-6-7-17-21-16(11-23(17)9-12)19(24)22(4)10-15-14(3)18(25-5)13(2)8-20-15/h6-9,11H,10H2,1-5H3. The second-order valence-corrected chi connectivity index (χ2v) is 6.31. The maximum atomic E-state index is 12.7. The molecule has 6 heteroatoms. The van der Waals surface area contributed by atoms with Gasteiger partial charge in [0, 0.05) is 36.8 Å². The van der Waals surface area contributed by atoms with Crippen LogP contribution in [0.3, 0.4) is 0 Å². The van der Waals surface area contributed by atoms with E-state index in [4.69, 9.17) is 4.74 Å². The van der Waals surface area contributed by atoms with Crippen molar-refractivity contribution < 1.29 is 9.53 Å². The van der Waals surface area contributed by atoms with Gasteiger partial charge in [-0.15, -0.1) is 0 Å². The maximum Gasteiger partial charge on any atom is 0.274 e. The first-order chi connectivity index (χ1) is 11.9. The number of fused-ring (bicyclic) bond motifs is 1. The molecule has 0 aliphatic heterocycles. The molecular formula is C19H22N4O2. The number of carbonyl (C=O) groups is 1. The second-order valence-electron chi connectivity index (χ2n) is 6.31. The Bertz CT molecular complexity index is 946. The first-order valence-electron chi connectivity index (χ1n) is 8.10. The third kappa shape index (κ3) is 3.20. The number of ether oxygens (including phenoxy) is 1. The van der Waals surface area contributed by atoms with Crippen molar-refractivity contribution in [2.24, 2.45) is 0 Å². The van der Waals surface area contributed by atoms with Crippen LogP contribution < -0.4 is 4.74 Å². The van der Waals surface area contributed by atoms with Crippen molar-refractivity contribution >= 4 is 11.6 Å². The van der Waals surface area contributed by atoms with Crippen LogP contribution in [0.1, 0.15) is 32.9 Å². The summed E-state index contributed by atoms with van der Waals surface area (Å²) >= 11 is 0. The van der Waals surface area contributed by atoms with E-state index in [0.717, 1.165) is 33.8 Å². The van der Waals surface area contributed by atoms with E-state index in [1.165, 1.54) is 0 Å². The van der Waals surface area contributed by atoms with E-state index in [-0.39, 0.29) is 5.91 Å². The lowest BCUT2D eigenvalue weighted by atomic mass is 10.1. The number of hydrogen-bond donors (Lipinski definition) is 0. The van der Waals surface area contributed by atoms with Gasteiger partial charge in [0.05, 0.1) is 19.3 Å². The lowest BCUT2D eigenvalue weighted by Gasteiger charge is -2.18. The largest absolute Gasteiger partial charge is 0.496 e. The van der Waals surface area contributed by atoms with Crippen molar-refractivity contribution in [3.05, 3.63) is 58.8 Å². The van der Waals surface area contributed by atoms with E-state index in [0.29, 0.717) is 12.2 Å². The highest BCUT2D eigenvalue weighted by molar-refractivity contribution is 5.92. The number of nitrogens with zero attached hydrogens (tertiary/aromatic N) is 4. The molecule has 0 aromatic carbocycles. The lowest BCUT2D eigenvalue weighted by Crippen LogP contribution is -2.27. The Morgan fingerprint density at radius 1 is 1.24 bits per heavy atom. The average Bonchev–Trinajstić information content (AvgIpc) is 3.00. The zero-order valence-electron chi connectivity index (χ0n) is 15.2. The van der Waals surface area contributed by atoms with Gasteiger partial charge in [-0.3, -0.25) is 9.78 Å². The smallest absolute Gasteiger partial charge is 0.274 e. The molecule has 0 radical (unpaired) electrons. The van der Waals surface area contributed by atoms with Gasteiger partial charge in [0.2, 0.25) is 0 Å². The molecule has 0 saturated heterocycles. The van der Waals surface area contributed by atoms with Crippen LogP contribution >= 0.6 is 0 Å². The fourth-order valence-corrected chi connectivity index (χ4v) is 2.93. The molecule has 3 aromatic heterocycles. The third-order valence-corrected chi connectivity index (χ3v) is 4.30. The van der Waals surface area contributed by atoms with E-state index < -0.39 is 0 Å². The molecule has 0 aliphatic carbocycles. The molecule has 6 nitrogen and oxygen atoms in total. The number of aromatic nitrogens is 3. The predicted molar refractivity (Wildman–Crippen MR) is 96.0 cm³/mol. The number of rotatable bonds is 4. The Morgan fingerprint density at radius 2 is 2.00 bits per heavy atom. The highest BCUT2D eigenvalue weighted by Crippen LogP contribution is 2.24. The van der Waals surface area contributed by atoms with E-state index in [1.54, 1.807) is 31.5 Å².